The molecule has 1 aromatic carbocycles. The lowest BCUT2D eigenvalue weighted by Gasteiger charge is -2.01. The summed E-state index contributed by atoms with van der Waals surface area (Å²) in [6.45, 7) is 0. The van der Waals surface area contributed by atoms with Gasteiger partial charge in [-0.15, -0.1) is 0 Å². The van der Waals surface area contributed by atoms with Crippen LogP contribution >= 0.6 is 0 Å². The van der Waals surface area contributed by atoms with Gasteiger partial charge in [0.05, 0.1) is 11.3 Å². The molecule has 0 aliphatic rings. The van der Waals surface area contributed by atoms with Crippen molar-refractivity contribution in [3.05, 3.63) is 35.5 Å². The third-order valence-corrected chi connectivity index (χ3v) is 3.58. The maximum atomic E-state index is 11.4. The van der Waals surface area contributed by atoms with E-state index in [4.69, 9.17) is 5.11 Å². The van der Waals surface area contributed by atoms with Crippen molar-refractivity contribution in [1.82, 2.24) is 4.57 Å². The number of carbonyl (C=O) groups is 1. The van der Waals surface area contributed by atoms with E-state index < -0.39 is 15.8 Å². The average molecular weight is 267 g/mol. The molecule has 18 heavy (non-hydrogen) atoms. The zero-order valence-corrected chi connectivity index (χ0v) is 10.9. The zero-order valence-electron chi connectivity index (χ0n) is 10.0. The Morgan fingerprint density at radius 2 is 2.06 bits per heavy atom. The Morgan fingerprint density at radius 3 is 2.61 bits per heavy atom. The molecular formula is C12H13NO4S. The summed E-state index contributed by atoms with van der Waals surface area (Å²) in [6.07, 6.45) is 2.80. The lowest BCUT2D eigenvalue weighted by molar-refractivity contribution is 0.0699. The molecule has 0 aliphatic heterocycles. The standard InChI is InChI=1S/C12H13NO4S/c1-13-6-8(7-18(2,16)17)11-9(12(14)15)4-3-5-10(11)13/h3-6H,7H2,1-2H3,(H,14,15). The van der Waals surface area contributed by atoms with Crippen molar-refractivity contribution in [1.29, 1.82) is 0 Å². The van der Waals surface area contributed by atoms with Crippen LogP contribution in [-0.2, 0) is 22.6 Å². The van der Waals surface area contributed by atoms with E-state index in [1.807, 2.05) is 0 Å². The molecule has 0 radical (unpaired) electrons. The number of aryl methyl sites for hydroxylation is 1. The molecule has 96 valence electrons. The predicted octanol–water partition coefficient (Wildman–Crippen LogP) is 1.42. The van der Waals surface area contributed by atoms with Gasteiger partial charge < -0.3 is 9.67 Å². The summed E-state index contributed by atoms with van der Waals surface area (Å²) >= 11 is 0. The van der Waals surface area contributed by atoms with E-state index in [1.165, 1.54) is 6.07 Å². The highest BCUT2D eigenvalue weighted by Crippen LogP contribution is 2.26. The highest BCUT2D eigenvalue weighted by atomic mass is 32.2. The Kier molecular flexibility index (Phi) is 2.90. The Labute approximate surface area is 105 Å². The van der Waals surface area contributed by atoms with Gasteiger partial charge in [-0.25, -0.2) is 13.2 Å². The summed E-state index contributed by atoms with van der Waals surface area (Å²) in [5.41, 5.74) is 1.37. The number of nitrogens with zero attached hydrogens (tertiary/aromatic N) is 1. The topological polar surface area (TPSA) is 76.4 Å². The van der Waals surface area contributed by atoms with Crippen LogP contribution < -0.4 is 0 Å². The van der Waals surface area contributed by atoms with Gasteiger partial charge in [0.15, 0.2) is 9.84 Å². The van der Waals surface area contributed by atoms with Crippen molar-refractivity contribution in [2.45, 2.75) is 5.75 Å². The van der Waals surface area contributed by atoms with Crippen LogP contribution in [0.4, 0.5) is 0 Å². The summed E-state index contributed by atoms with van der Waals surface area (Å²) in [4.78, 5) is 11.2. The van der Waals surface area contributed by atoms with E-state index in [9.17, 15) is 13.2 Å². The van der Waals surface area contributed by atoms with Crippen LogP contribution in [0.2, 0.25) is 0 Å². The fourth-order valence-corrected chi connectivity index (χ4v) is 2.89. The molecule has 1 aromatic heterocycles. The quantitative estimate of drug-likeness (QED) is 0.912. The fourth-order valence-electron chi connectivity index (χ4n) is 2.11. The molecule has 0 saturated carbocycles. The largest absolute Gasteiger partial charge is 0.478 e. The van der Waals surface area contributed by atoms with Crippen LogP contribution in [0.3, 0.4) is 0 Å². The number of hydrogen-bond donors (Lipinski definition) is 1. The summed E-state index contributed by atoms with van der Waals surface area (Å²) < 4.78 is 24.5. The SMILES string of the molecule is Cn1cc(CS(C)(=O)=O)c2c(C(=O)O)cccc21. The molecule has 0 unspecified atom stereocenters. The number of carboxylic acid groups (broad SMARTS) is 1. The number of rotatable bonds is 3. The number of fused-ring (bicyclic) bond motifs is 1. The maximum absolute atomic E-state index is 11.4. The van der Waals surface area contributed by atoms with E-state index in [1.54, 1.807) is 29.9 Å². The predicted molar refractivity (Wildman–Crippen MR) is 68.4 cm³/mol. The van der Waals surface area contributed by atoms with Crippen molar-refractivity contribution in [2.75, 3.05) is 6.26 Å². The van der Waals surface area contributed by atoms with Crippen LogP contribution in [0.5, 0.6) is 0 Å². The van der Waals surface area contributed by atoms with Crippen LogP contribution in [0.25, 0.3) is 10.9 Å². The van der Waals surface area contributed by atoms with Gasteiger partial charge in [-0.05, 0) is 17.7 Å². The first-order valence-corrected chi connectivity index (χ1v) is 7.33. The summed E-state index contributed by atoms with van der Waals surface area (Å²) in [5.74, 6) is -1.21. The number of sulfone groups is 1. The molecule has 0 amide bonds. The number of benzene rings is 1. The van der Waals surface area contributed by atoms with Gasteiger partial charge in [-0.1, -0.05) is 6.07 Å². The molecule has 0 saturated heterocycles. The highest BCUT2D eigenvalue weighted by molar-refractivity contribution is 7.89. The van der Waals surface area contributed by atoms with Crippen LogP contribution in [0.1, 0.15) is 15.9 Å². The molecular weight excluding hydrogens is 254 g/mol. The Balaban J connectivity index is 2.78. The molecule has 5 nitrogen and oxygen atoms in total. The summed E-state index contributed by atoms with van der Waals surface area (Å²) in [5, 5.41) is 9.65. The first-order chi connectivity index (χ1) is 8.29. The first-order valence-electron chi connectivity index (χ1n) is 5.27. The summed E-state index contributed by atoms with van der Waals surface area (Å²) in [6, 6.07) is 4.90. The van der Waals surface area contributed by atoms with Crippen LogP contribution in [0.15, 0.2) is 24.4 Å². The van der Waals surface area contributed by atoms with E-state index in [0.29, 0.717) is 16.5 Å². The smallest absolute Gasteiger partial charge is 0.336 e. The second-order valence-electron chi connectivity index (χ2n) is 4.34. The van der Waals surface area contributed by atoms with Crippen molar-refractivity contribution < 1.29 is 18.3 Å². The third-order valence-electron chi connectivity index (χ3n) is 2.74. The van der Waals surface area contributed by atoms with Crippen molar-refractivity contribution >= 4 is 26.7 Å². The Hall–Kier alpha value is -1.82. The third kappa shape index (κ3) is 2.24. The minimum absolute atomic E-state index is 0.131. The van der Waals surface area contributed by atoms with Gasteiger partial charge in [-0.3, -0.25) is 0 Å². The normalized spacial score (nSPS) is 11.9. The minimum atomic E-state index is -3.20. The first kappa shape index (κ1) is 12.6. The molecule has 2 rings (SSSR count). The van der Waals surface area contributed by atoms with E-state index in [0.717, 1.165) is 6.26 Å². The van der Waals surface area contributed by atoms with Gasteiger partial charge in [-0.2, -0.15) is 0 Å². The fraction of sp³-hybridized carbons (Fsp3) is 0.250. The second-order valence-corrected chi connectivity index (χ2v) is 6.48. The molecule has 0 atom stereocenters. The molecule has 0 fully saturated rings. The molecule has 2 aromatic rings. The lowest BCUT2D eigenvalue weighted by atomic mass is 10.1. The van der Waals surface area contributed by atoms with E-state index in [2.05, 4.69) is 0 Å². The van der Waals surface area contributed by atoms with Gasteiger partial charge in [0.25, 0.3) is 0 Å². The number of carboxylic acids is 1. The van der Waals surface area contributed by atoms with E-state index in [-0.39, 0.29) is 11.3 Å². The maximum Gasteiger partial charge on any atom is 0.336 e. The van der Waals surface area contributed by atoms with Crippen molar-refractivity contribution in [3.8, 4) is 0 Å². The molecule has 1 N–H and O–H groups in total. The summed E-state index contributed by atoms with van der Waals surface area (Å²) in [7, 11) is -1.44. The number of hydrogen-bond acceptors (Lipinski definition) is 3. The van der Waals surface area contributed by atoms with Gasteiger partial charge >= 0.3 is 5.97 Å². The molecule has 0 spiro atoms. The second kappa shape index (κ2) is 4.13. The monoisotopic (exact) mass is 267 g/mol. The lowest BCUT2D eigenvalue weighted by Crippen LogP contribution is -2.02. The van der Waals surface area contributed by atoms with E-state index >= 15 is 0 Å². The van der Waals surface area contributed by atoms with Gasteiger partial charge in [0, 0.05) is 30.4 Å². The zero-order chi connectivity index (χ0) is 13.5. The molecule has 0 aliphatic carbocycles. The Bertz CT molecular complexity index is 728. The molecule has 0 bridgehead atoms. The van der Waals surface area contributed by atoms with Gasteiger partial charge in [0.1, 0.15) is 0 Å². The minimum Gasteiger partial charge on any atom is -0.478 e. The van der Waals surface area contributed by atoms with Gasteiger partial charge in [0.2, 0.25) is 0 Å². The van der Waals surface area contributed by atoms with Crippen LogP contribution in [-0.4, -0.2) is 30.3 Å². The molecule has 6 heteroatoms. The van der Waals surface area contributed by atoms with Crippen molar-refractivity contribution in [2.24, 2.45) is 7.05 Å². The molecule has 1 heterocycles. The average Bonchev–Trinajstić information content (AvgIpc) is 2.53. The number of aromatic nitrogens is 1. The van der Waals surface area contributed by atoms with Crippen molar-refractivity contribution in [3.63, 3.8) is 0 Å². The Morgan fingerprint density at radius 1 is 1.39 bits per heavy atom. The number of aromatic carboxylic acids is 1. The van der Waals surface area contributed by atoms with Crippen LogP contribution in [0, 0.1) is 0 Å². The highest BCUT2D eigenvalue weighted by Gasteiger charge is 2.17.